The highest BCUT2D eigenvalue weighted by Crippen LogP contribution is 2.29. The number of carbonyl (C=O) groups is 1. The van der Waals surface area contributed by atoms with Crippen LogP contribution in [0.3, 0.4) is 0 Å². The number of hydrogen-bond donors (Lipinski definition) is 2. The molecule has 2 N–H and O–H groups in total. The molecule has 8 nitrogen and oxygen atoms in total. The highest BCUT2D eigenvalue weighted by atomic mass is 16.6. The molecule has 0 aliphatic heterocycles. The smallest absolute Gasteiger partial charge is 0.296 e. The molecule has 0 atom stereocenters. The van der Waals surface area contributed by atoms with Gasteiger partial charge >= 0.3 is 0 Å². The van der Waals surface area contributed by atoms with E-state index in [1.54, 1.807) is 13.0 Å². The zero-order valence-electron chi connectivity index (χ0n) is 10.6. The number of aromatic nitrogens is 2. The van der Waals surface area contributed by atoms with Crippen LogP contribution >= 0.6 is 0 Å². The van der Waals surface area contributed by atoms with E-state index in [0.29, 0.717) is 12.4 Å². The topological polar surface area (TPSA) is 110 Å². The fourth-order valence-electron chi connectivity index (χ4n) is 1.59. The van der Waals surface area contributed by atoms with Crippen LogP contribution in [0, 0.1) is 10.1 Å². The lowest BCUT2D eigenvalue weighted by Gasteiger charge is -2.07. The number of nitrogens with zero attached hydrogens (tertiary/aromatic N) is 2. The summed E-state index contributed by atoms with van der Waals surface area (Å²) >= 11 is 0. The Labute approximate surface area is 113 Å². The first-order chi connectivity index (χ1) is 9.61. The molecule has 2 aromatic rings. The van der Waals surface area contributed by atoms with Gasteiger partial charge in [-0.1, -0.05) is 0 Å². The monoisotopic (exact) mass is 276 g/mol. The maximum Gasteiger partial charge on any atom is 0.296 e. The molecular weight excluding hydrogens is 264 g/mol. The summed E-state index contributed by atoms with van der Waals surface area (Å²) in [5, 5.41) is 19.6. The third-order valence-corrected chi connectivity index (χ3v) is 2.49. The first-order valence-corrected chi connectivity index (χ1v) is 5.83. The zero-order chi connectivity index (χ0) is 14.5. The summed E-state index contributed by atoms with van der Waals surface area (Å²) in [5.74, 6) is -0.105. The Kier molecular flexibility index (Phi) is 3.94. The lowest BCUT2D eigenvalue weighted by molar-refractivity contribution is -0.384. The van der Waals surface area contributed by atoms with Crippen molar-refractivity contribution in [2.45, 2.75) is 6.92 Å². The SMILES string of the molecule is CCOc1ccc(NC(=O)c2cn[nH]c2)c([N+](=O)[O-])c1. The number of rotatable bonds is 5. The minimum absolute atomic E-state index is 0.102. The lowest BCUT2D eigenvalue weighted by atomic mass is 10.2. The van der Waals surface area contributed by atoms with Gasteiger partial charge in [0.1, 0.15) is 11.4 Å². The molecule has 0 fully saturated rings. The normalized spacial score (nSPS) is 10.1. The van der Waals surface area contributed by atoms with E-state index >= 15 is 0 Å². The number of aromatic amines is 1. The quantitative estimate of drug-likeness (QED) is 0.640. The molecule has 0 bridgehead atoms. The predicted molar refractivity (Wildman–Crippen MR) is 70.8 cm³/mol. The molecule has 0 saturated heterocycles. The molecule has 104 valence electrons. The highest BCUT2D eigenvalue weighted by Gasteiger charge is 2.18. The van der Waals surface area contributed by atoms with E-state index in [-0.39, 0.29) is 16.9 Å². The molecule has 2 rings (SSSR count). The Hall–Kier alpha value is -2.90. The molecule has 1 aromatic carbocycles. The number of hydrogen-bond acceptors (Lipinski definition) is 5. The average molecular weight is 276 g/mol. The Morgan fingerprint density at radius 2 is 2.35 bits per heavy atom. The molecule has 8 heteroatoms. The van der Waals surface area contributed by atoms with E-state index in [0.717, 1.165) is 0 Å². The van der Waals surface area contributed by atoms with Crippen LogP contribution in [-0.4, -0.2) is 27.6 Å². The van der Waals surface area contributed by atoms with Crippen molar-refractivity contribution in [1.82, 2.24) is 10.2 Å². The van der Waals surface area contributed by atoms with Gasteiger partial charge in [-0.05, 0) is 19.1 Å². The summed E-state index contributed by atoms with van der Waals surface area (Å²) in [6.07, 6.45) is 2.73. The van der Waals surface area contributed by atoms with Crippen molar-refractivity contribution in [3.8, 4) is 5.75 Å². The lowest BCUT2D eigenvalue weighted by Crippen LogP contribution is -2.12. The molecule has 0 aliphatic carbocycles. The van der Waals surface area contributed by atoms with Crippen molar-refractivity contribution in [1.29, 1.82) is 0 Å². The minimum atomic E-state index is -0.576. The zero-order valence-corrected chi connectivity index (χ0v) is 10.6. The number of nitro groups is 1. The number of nitro benzene ring substituents is 1. The molecule has 0 spiro atoms. The van der Waals surface area contributed by atoms with Gasteiger partial charge in [-0.15, -0.1) is 0 Å². The van der Waals surface area contributed by atoms with Gasteiger partial charge in [0.05, 0.1) is 29.4 Å². The van der Waals surface area contributed by atoms with Gasteiger partial charge in [0.25, 0.3) is 11.6 Å². The maximum absolute atomic E-state index is 11.8. The van der Waals surface area contributed by atoms with Gasteiger partial charge in [0, 0.05) is 6.20 Å². The molecule has 0 aliphatic rings. The van der Waals surface area contributed by atoms with E-state index in [1.807, 2.05) is 0 Å². The average Bonchev–Trinajstić information content (AvgIpc) is 2.94. The molecule has 0 radical (unpaired) electrons. The summed E-state index contributed by atoms with van der Waals surface area (Å²) in [5.41, 5.74) is 0.158. The summed E-state index contributed by atoms with van der Waals surface area (Å²) in [6, 6.07) is 4.26. The second-order valence-electron chi connectivity index (χ2n) is 3.81. The minimum Gasteiger partial charge on any atom is -0.494 e. The predicted octanol–water partition coefficient (Wildman–Crippen LogP) is 1.97. The van der Waals surface area contributed by atoms with Gasteiger partial charge in [-0.25, -0.2) is 0 Å². The first-order valence-electron chi connectivity index (χ1n) is 5.83. The maximum atomic E-state index is 11.8. The molecule has 0 unspecified atom stereocenters. The Balaban J connectivity index is 2.27. The van der Waals surface area contributed by atoms with Gasteiger partial charge in [0.15, 0.2) is 0 Å². The summed E-state index contributed by atoms with van der Waals surface area (Å²) in [6.45, 7) is 2.18. The van der Waals surface area contributed by atoms with Gasteiger partial charge in [-0.3, -0.25) is 20.0 Å². The van der Waals surface area contributed by atoms with E-state index in [1.165, 1.54) is 24.5 Å². The fourth-order valence-corrected chi connectivity index (χ4v) is 1.59. The number of benzene rings is 1. The van der Waals surface area contributed by atoms with Crippen molar-refractivity contribution in [2.24, 2.45) is 0 Å². The molecular formula is C12H12N4O4. The van der Waals surface area contributed by atoms with Crippen LogP contribution in [0.25, 0.3) is 0 Å². The Morgan fingerprint density at radius 3 is 2.95 bits per heavy atom. The summed E-state index contributed by atoms with van der Waals surface area (Å²) < 4.78 is 5.20. The first kappa shape index (κ1) is 13.5. The number of nitrogens with one attached hydrogen (secondary N) is 2. The van der Waals surface area contributed by atoms with Crippen LogP contribution in [0.5, 0.6) is 5.75 Å². The third kappa shape index (κ3) is 2.91. The van der Waals surface area contributed by atoms with Crippen LogP contribution in [0.2, 0.25) is 0 Å². The van der Waals surface area contributed by atoms with Crippen molar-refractivity contribution in [2.75, 3.05) is 11.9 Å². The van der Waals surface area contributed by atoms with Crippen LogP contribution in [-0.2, 0) is 0 Å². The second kappa shape index (κ2) is 5.83. The van der Waals surface area contributed by atoms with Crippen molar-refractivity contribution >= 4 is 17.3 Å². The molecule has 20 heavy (non-hydrogen) atoms. The van der Waals surface area contributed by atoms with Crippen molar-refractivity contribution in [3.05, 3.63) is 46.3 Å². The van der Waals surface area contributed by atoms with E-state index in [2.05, 4.69) is 15.5 Å². The van der Waals surface area contributed by atoms with Crippen LogP contribution in [0.4, 0.5) is 11.4 Å². The van der Waals surface area contributed by atoms with Gasteiger partial charge < -0.3 is 10.1 Å². The van der Waals surface area contributed by atoms with Crippen molar-refractivity contribution < 1.29 is 14.5 Å². The van der Waals surface area contributed by atoms with Crippen molar-refractivity contribution in [3.63, 3.8) is 0 Å². The van der Waals surface area contributed by atoms with Crippen LogP contribution < -0.4 is 10.1 Å². The molecule has 1 heterocycles. The molecule has 1 amide bonds. The third-order valence-electron chi connectivity index (χ3n) is 2.49. The highest BCUT2D eigenvalue weighted by molar-refractivity contribution is 6.05. The Morgan fingerprint density at radius 1 is 1.55 bits per heavy atom. The Bertz CT molecular complexity index is 624. The fraction of sp³-hybridized carbons (Fsp3) is 0.167. The number of ether oxygens (including phenoxy) is 1. The molecule has 0 saturated carbocycles. The standard InChI is InChI=1S/C12H12N4O4/c1-2-20-9-3-4-10(11(5-9)16(18)19)15-12(17)8-6-13-14-7-8/h3-7H,2H2,1H3,(H,13,14)(H,15,17). The van der Waals surface area contributed by atoms with E-state index < -0.39 is 10.8 Å². The van der Waals surface area contributed by atoms with Gasteiger partial charge in [0.2, 0.25) is 0 Å². The number of carbonyl (C=O) groups excluding carboxylic acids is 1. The second-order valence-corrected chi connectivity index (χ2v) is 3.81. The summed E-state index contributed by atoms with van der Waals surface area (Å²) in [4.78, 5) is 22.3. The molecule has 1 aromatic heterocycles. The number of anilines is 1. The van der Waals surface area contributed by atoms with E-state index in [9.17, 15) is 14.9 Å². The largest absolute Gasteiger partial charge is 0.494 e. The van der Waals surface area contributed by atoms with Crippen LogP contribution in [0.15, 0.2) is 30.6 Å². The number of amides is 1. The summed E-state index contributed by atoms with van der Waals surface area (Å²) in [7, 11) is 0. The van der Waals surface area contributed by atoms with Gasteiger partial charge in [-0.2, -0.15) is 5.10 Å². The van der Waals surface area contributed by atoms with E-state index in [4.69, 9.17) is 4.74 Å². The van der Waals surface area contributed by atoms with Crippen LogP contribution in [0.1, 0.15) is 17.3 Å². The number of H-pyrrole nitrogens is 1.